The standard InChI is InChI=1S/C18H36O4.H2O/c1-5-9-11-14(7-3)16(20)18(22,13-19)17(21)15(8-4)12-10-6-2;/h13-17,20-22H,5-12H2,1-4H3;1H2. The van der Waals surface area contributed by atoms with Crippen molar-refractivity contribution in [2.75, 3.05) is 0 Å². The lowest BCUT2D eigenvalue weighted by atomic mass is 9.75. The summed E-state index contributed by atoms with van der Waals surface area (Å²) < 4.78 is 0. The molecule has 0 aromatic heterocycles. The fourth-order valence-electron chi connectivity index (χ4n) is 3.17. The molecule has 140 valence electrons. The molecule has 0 spiro atoms. The van der Waals surface area contributed by atoms with Crippen molar-refractivity contribution in [1.29, 1.82) is 0 Å². The lowest BCUT2D eigenvalue weighted by Crippen LogP contribution is -2.58. The summed E-state index contributed by atoms with van der Waals surface area (Å²) in [5, 5.41) is 31.8. The highest BCUT2D eigenvalue weighted by molar-refractivity contribution is 5.64. The largest absolute Gasteiger partial charge is 0.412 e. The second kappa shape index (κ2) is 12.9. The quantitative estimate of drug-likeness (QED) is 0.449. The van der Waals surface area contributed by atoms with Crippen molar-refractivity contribution in [3.63, 3.8) is 0 Å². The van der Waals surface area contributed by atoms with Crippen LogP contribution in [0.3, 0.4) is 0 Å². The first-order valence-electron chi connectivity index (χ1n) is 8.97. The van der Waals surface area contributed by atoms with Crippen molar-refractivity contribution in [2.24, 2.45) is 11.8 Å². The van der Waals surface area contributed by atoms with E-state index in [1.807, 2.05) is 13.8 Å². The normalized spacial score (nSPS) is 19.1. The van der Waals surface area contributed by atoms with Crippen LogP contribution in [0.15, 0.2) is 0 Å². The van der Waals surface area contributed by atoms with E-state index in [9.17, 15) is 20.1 Å². The van der Waals surface area contributed by atoms with Gasteiger partial charge in [0.2, 0.25) is 0 Å². The smallest absolute Gasteiger partial charge is 0.172 e. The van der Waals surface area contributed by atoms with Gasteiger partial charge in [0.1, 0.15) is 0 Å². The SMILES string of the molecule is CCCCC(CC)C(O)C(O)(C=O)C(O)C(CC)CCCC.O. The van der Waals surface area contributed by atoms with E-state index in [0.717, 1.165) is 38.5 Å². The van der Waals surface area contributed by atoms with Crippen molar-refractivity contribution >= 4 is 6.29 Å². The maximum Gasteiger partial charge on any atom is 0.172 e. The van der Waals surface area contributed by atoms with Gasteiger partial charge in [-0.25, -0.2) is 0 Å². The van der Waals surface area contributed by atoms with E-state index in [4.69, 9.17) is 0 Å². The second-order valence-corrected chi connectivity index (χ2v) is 6.52. The highest BCUT2D eigenvalue weighted by Gasteiger charge is 2.47. The van der Waals surface area contributed by atoms with Crippen molar-refractivity contribution < 1.29 is 25.6 Å². The van der Waals surface area contributed by atoms with Crippen molar-refractivity contribution in [1.82, 2.24) is 0 Å². The predicted molar refractivity (Wildman–Crippen MR) is 93.3 cm³/mol. The predicted octanol–water partition coefficient (Wildman–Crippen LogP) is 2.25. The fraction of sp³-hybridized carbons (Fsp3) is 0.944. The molecule has 0 amide bonds. The number of unbranched alkanes of at least 4 members (excludes halogenated alkanes) is 2. The average Bonchev–Trinajstić information content (AvgIpc) is 2.54. The summed E-state index contributed by atoms with van der Waals surface area (Å²) in [6.07, 6.45) is 4.65. The Hall–Kier alpha value is -0.490. The summed E-state index contributed by atoms with van der Waals surface area (Å²) in [7, 11) is 0. The van der Waals surface area contributed by atoms with Gasteiger partial charge in [0.15, 0.2) is 11.9 Å². The van der Waals surface area contributed by atoms with Gasteiger partial charge in [-0.2, -0.15) is 0 Å². The highest BCUT2D eigenvalue weighted by atomic mass is 16.4. The monoisotopic (exact) mass is 334 g/mol. The van der Waals surface area contributed by atoms with Crippen LogP contribution in [0.5, 0.6) is 0 Å². The Balaban J connectivity index is 0. The van der Waals surface area contributed by atoms with Crippen LogP contribution >= 0.6 is 0 Å². The van der Waals surface area contributed by atoms with Crippen LogP contribution in [0.25, 0.3) is 0 Å². The molecule has 0 saturated heterocycles. The lowest BCUT2D eigenvalue weighted by molar-refractivity contribution is -0.179. The lowest BCUT2D eigenvalue weighted by Gasteiger charge is -2.39. The Morgan fingerprint density at radius 2 is 1.22 bits per heavy atom. The van der Waals surface area contributed by atoms with E-state index >= 15 is 0 Å². The number of hydrogen-bond donors (Lipinski definition) is 3. The molecule has 0 fully saturated rings. The third-order valence-corrected chi connectivity index (χ3v) is 4.94. The van der Waals surface area contributed by atoms with Gasteiger partial charge >= 0.3 is 0 Å². The molecule has 4 atom stereocenters. The number of carbonyl (C=O) groups excluding carboxylic acids is 1. The van der Waals surface area contributed by atoms with Crippen LogP contribution in [0.4, 0.5) is 0 Å². The summed E-state index contributed by atoms with van der Waals surface area (Å²) in [6.45, 7) is 8.01. The first kappa shape index (κ1) is 24.8. The third kappa shape index (κ3) is 6.87. The van der Waals surface area contributed by atoms with Crippen LogP contribution in [0.1, 0.15) is 79.1 Å². The topological polar surface area (TPSA) is 109 Å². The van der Waals surface area contributed by atoms with Gasteiger partial charge in [0.05, 0.1) is 12.2 Å². The zero-order chi connectivity index (χ0) is 17.2. The number of rotatable bonds is 13. The van der Waals surface area contributed by atoms with E-state index in [0.29, 0.717) is 19.1 Å². The molecule has 23 heavy (non-hydrogen) atoms. The number of aliphatic hydroxyl groups is 3. The van der Waals surface area contributed by atoms with Gasteiger partial charge in [-0.3, -0.25) is 4.79 Å². The van der Waals surface area contributed by atoms with E-state index in [1.54, 1.807) is 0 Å². The van der Waals surface area contributed by atoms with Gasteiger partial charge in [0, 0.05) is 0 Å². The summed E-state index contributed by atoms with van der Waals surface area (Å²) >= 11 is 0. The van der Waals surface area contributed by atoms with E-state index in [1.165, 1.54) is 0 Å². The average molecular weight is 334 g/mol. The molecule has 0 aromatic rings. The number of aliphatic hydroxyl groups excluding tert-OH is 2. The summed E-state index contributed by atoms with van der Waals surface area (Å²) in [4.78, 5) is 11.5. The maximum atomic E-state index is 11.5. The van der Waals surface area contributed by atoms with E-state index in [-0.39, 0.29) is 17.3 Å². The molecule has 5 heteroatoms. The van der Waals surface area contributed by atoms with Gasteiger partial charge in [-0.15, -0.1) is 0 Å². The molecule has 0 heterocycles. The molecular formula is C18H38O5. The van der Waals surface area contributed by atoms with Crippen LogP contribution in [-0.2, 0) is 4.79 Å². The summed E-state index contributed by atoms with van der Waals surface area (Å²) in [5.41, 5.74) is -2.07. The van der Waals surface area contributed by atoms with Gasteiger partial charge in [0.25, 0.3) is 0 Å². The van der Waals surface area contributed by atoms with Crippen molar-refractivity contribution in [3.05, 3.63) is 0 Å². The maximum absolute atomic E-state index is 11.5. The van der Waals surface area contributed by atoms with Crippen LogP contribution in [-0.4, -0.2) is 44.9 Å². The summed E-state index contributed by atoms with van der Waals surface area (Å²) in [5.74, 6) is -0.345. The van der Waals surface area contributed by atoms with Gasteiger partial charge in [-0.1, -0.05) is 66.2 Å². The fourth-order valence-corrected chi connectivity index (χ4v) is 3.17. The number of aldehydes is 1. The second-order valence-electron chi connectivity index (χ2n) is 6.52. The molecular weight excluding hydrogens is 296 g/mol. The molecule has 4 unspecified atom stereocenters. The van der Waals surface area contributed by atoms with Crippen LogP contribution in [0.2, 0.25) is 0 Å². The Labute approximate surface area is 141 Å². The number of carbonyl (C=O) groups is 1. The number of hydrogen-bond acceptors (Lipinski definition) is 4. The zero-order valence-corrected chi connectivity index (χ0v) is 15.3. The Kier molecular flexibility index (Phi) is 13.9. The molecule has 0 aliphatic rings. The van der Waals surface area contributed by atoms with Crippen LogP contribution in [0, 0.1) is 11.8 Å². The molecule has 0 aliphatic carbocycles. The Bertz CT molecular complexity index is 273. The van der Waals surface area contributed by atoms with Gasteiger partial charge in [-0.05, 0) is 24.7 Å². The molecule has 5 N–H and O–H groups in total. The molecule has 0 radical (unpaired) electrons. The molecule has 0 saturated carbocycles. The Morgan fingerprint density at radius 3 is 1.43 bits per heavy atom. The molecule has 0 rings (SSSR count). The Morgan fingerprint density at radius 1 is 0.870 bits per heavy atom. The first-order valence-corrected chi connectivity index (χ1v) is 8.97. The van der Waals surface area contributed by atoms with Crippen molar-refractivity contribution in [2.45, 2.75) is 96.9 Å². The van der Waals surface area contributed by atoms with E-state index < -0.39 is 17.8 Å². The van der Waals surface area contributed by atoms with Gasteiger partial charge < -0.3 is 20.8 Å². The highest BCUT2D eigenvalue weighted by Crippen LogP contribution is 2.32. The minimum Gasteiger partial charge on any atom is -0.412 e. The minimum atomic E-state index is -2.07. The molecule has 0 aliphatic heterocycles. The zero-order valence-electron chi connectivity index (χ0n) is 15.3. The third-order valence-electron chi connectivity index (χ3n) is 4.94. The van der Waals surface area contributed by atoms with Crippen molar-refractivity contribution in [3.8, 4) is 0 Å². The first-order chi connectivity index (χ1) is 10.4. The minimum absolute atomic E-state index is 0. The summed E-state index contributed by atoms with van der Waals surface area (Å²) in [6, 6.07) is 0. The molecule has 5 nitrogen and oxygen atoms in total. The molecule has 0 aromatic carbocycles. The van der Waals surface area contributed by atoms with E-state index in [2.05, 4.69) is 13.8 Å². The van der Waals surface area contributed by atoms with Crippen LogP contribution < -0.4 is 0 Å². The molecule has 0 bridgehead atoms.